The lowest BCUT2D eigenvalue weighted by Gasteiger charge is -2.34. The number of esters is 2. The van der Waals surface area contributed by atoms with Gasteiger partial charge in [0.2, 0.25) is 0 Å². The Morgan fingerprint density at radius 1 is 0.476 bits per heavy atom. The van der Waals surface area contributed by atoms with Crippen LogP contribution >= 0.6 is 0 Å². The number of carbonyl (C=O) groups is 3. The number of quaternary nitrogens is 1. The van der Waals surface area contributed by atoms with E-state index < -0.39 is 18.1 Å². The van der Waals surface area contributed by atoms with Gasteiger partial charge in [0.25, 0.3) is 0 Å². The third-order valence-corrected chi connectivity index (χ3v) is 11.1. The van der Waals surface area contributed by atoms with Gasteiger partial charge in [-0.3, -0.25) is 9.59 Å². The van der Waals surface area contributed by atoms with Crippen LogP contribution in [0.4, 0.5) is 0 Å². The normalized spacial score (nSPS) is 13.5. The molecule has 0 aromatic heterocycles. The summed E-state index contributed by atoms with van der Waals surface area (Å²) in [6, 6.07) is -0.731. The molecule has 0 saturated heterocycles. The molecular weight excluding hydrogens is 787 g/mol. The van der Waals surface area contributed by atoms with E-state index in [2.05, 4.69) is 86.8 Å². The van der Waals surface area contributed by atoms with Gasteiger partial charge in [-0.1, -0.05) is 183 Å². The summed E-state index contributed by atoms with van der Waals surface area (Å²) in [5.41, 5.74) is 0. The fourth-order valence-corrected chi connectivity index (χ4v) is 7.22. The lowest BCUT2D eigenvalue weighted by molar-refractivity contribution is -0.889. The molecule has 0 bridgehead atoms. The zero-order valence-corrected chi connectivity index (χ0v) is 41.2. The van der Waals surface area contributed by atoms with Crippen LogP contribution in [0.1, 0.15) is 206 Å². The minimum Gasteiger partial charge on any atom is -0.544 e. The van der Waals surface area contributed by atoms with Crippen LogP contribution in [0.3, 0.4) is 0 Å². The van der Waals surface area contributed by atoms with Gasteiger partial charge in [-0.15, -0.1) is 0 Å². The van der Waals surface area contributed by atoms with Crippen molar-refractivity contribution in [2.75, 3.05) is 41.0 Å². The van der Waals surface area contributed by atoms with Gasteiger partial charge in [0.05, 0.1) is 40.3 Å². The first-order valence-electron chi connectivity index (χ1n) is 25.5. The van der Waals surface area contributed by atoms with Crippen LogP contribution in [0.25, 0.3) is 0 Å². The summed E-state index contributed by atoms with van der Waals surface area (Å²) in [5.74, 6) is -1.75. The van der Waals surface area contributed by atoms with E-state index in [-0.39, 0.29) is 42.7 Å². The second-order valence-electron chi connectivity index (χ2n) is 18.0. The van der Waals surface area contributed by atoms with E-state index in [0.29, 0.717) is 12.8 Å². The van der Waals surface area contributed by atoms with Crippen LogP contribution < -0.4 is 5.11 Å². The first-order chi connectivity index (χ1) is 30.6. The number of aliphatic carboxylic acids is 1. The summed E-state index contributed by atoms with van der Waals surface area (Å²) >= 11 is 0. The number of likely N-dealkylation sites (N-methyl/N-ethyl adjacent to an activating group) is 1. The van der Waals surface area contributed by atoms with E-state index in [1.54, 1.807) is 21.1 Å². The van der Waals surface area contributed by atoms with E-state index >= 15 is 0 Å². The quantitative estimate of drug-likeness (QED) is 0.0260. The number of carbonyl (C=O) groups excluding carboxylic acids is 3. The lowest BCUT2D eigenvalue weighted by Crippen LogP contribution is -2.55. The summed E-state index contributed by atoms with van der Waals surface area (Å²) < 4.78 is 17.2. The van der Waals surface area contributed by atoms with Crippen LogP contribution in [0.5, 0.6) is 0 Å². The molecule has 2 atom stereocenters. The van der Waals surface area contributed by atoms with E-state index in [1.165, 1.54) is 83.5 Å². The Hall–Kier alpha value is -3.23. The van der Waals surface area contributed by atoms with Crippen LogP contribution in [0.2, 0.25) is 0 Å². The largest absolute Gasteiger partial charge is 0.544 e. The highest BCUT2D eigenvalue weighted by molar-refractivity contribution is 5.70. The molecule has 362 valence electrons. The molecule has 0 fully saturated rings. The Kier molecular flexibility index (Phi) is 43.0. The fourth-order valence-electron chi connectivity index (χ4n) is 7.22. The van der Waals surface area contributed by atoms with Gasteiger partial charge in [-0.05, 0) is 77.0 Å². The second-order valence-corrected chi connectivity index (χ2v) is 18.0. The molecule has 0 rings (SSSR count). The van der Waals surface area contributed by atoms with Crippen molar-refractivity contribution in [3.8, 4) is 0 Å². The van der Waals surface area contributed by atoms with Gasteiger partial charge in [0.1, 0.15) is 12.6 Å². The van der Waals surface area contributed by atoms with Crippen molar-refractivity contribution < 1.29 is 38.2 Å². The average Bonchev–Trinajstić information content (AvgIpc) is 3.24. The average molecular weight is 882 g/mol. The van der Waals surface area contributed by atoms with Gasteiger partial charge in [0.15, 0.2) is 6.10 Å². The smallest absolute Gasteiger partial charge is 0.306 e. The third kappa shape index (κ3) is 43.8. The number of ether oxygens (including phenoxy) is 3. The standard InChI is InChI=1S/C55H95NO7/c1-6-8-10-12-14-16-18-20-22-24-25-26-27-28-29-30-32-33-35-37-39-41-43-45-53(57)62-50-51(49-61-48-47-52(55(59)60)56(3,4)5)63-54(58)46-44-42-40-38-36-34-31-23-21-19-17-15-13-11-9-7-2/h8-11,14-17,20-23,51-52H,6-7,12-13,18-19,24-50H2,1-5H3/b10-8+,11-9+,16-14+,17-15+,22-20+,23-21+. The first-order valence-corrected chi connectivity index (χ1v) is 25.5. The van der Waals surface area contributed by atoms with Crippen LogP contribution in [-0.2, 0) is 28.6 Å². The molecule has 8 nitrogen and oxygen atoms in total. The summed E-state index contributed by atoms with van der Waals surface area (Å²) in [5, 5.41) is 11.7. The van der Waals surface area contributed by atoms with Gasteiger partial charge in [-0.2, -0.15) is 0 Å². The molecule has 8 heteroatoms. The Morgan fingerprint density at radius 3 is 1.24 bits per heavy atom. The zero-order chi connectivity index (χ0) is 46.3. The van der Waals surface area contributed by atoms with E-state index in [9.17, 15) is 19.5 Å². The maximum atomic E-state index is 12.8. The number of rotatable bonds is 45. The van der Waals surface area contributed by atoms with Crippen LogP contribution in [-0.4, -0.2) is 75.5 Å². The highest BCUT2D eigenvalue weighted by atomic mass is 16.6. The maximum absolute atomic E-state index is 12.8. The van der Waals surface area contributed by atoms with Crippen LogP contribution in [0, 0.1) is 0 Å². The number of carboxylic acid groups (broad SMARTS) is 1. The summed E-state index contributed by atoms with van der Waals surface area (Å²) in [6.45, 7) is 4.44. The number of unbranched alkanes of at least 4 members (excludes halogenated alkanes) is 19. The number of carboxylic acids is 1. The zero-order valence-electron chi connectivity index (χ0n) is 41.2. The highest BCUT2D eigenvalue weighted by Gasteiger charge is 2.25. The molecule has 0 aliphatic rings. The Bertz CT molecular complexity index is 1260. The van der Waals surface area contributed by atoms with E-state index in [4.69, 9.17) is 14.2 Å². The predicted molar refractivity (Wildman–Crippen MR) is 263 cm³/mol. The maximum Gasteiger partial charge on any atom is 0.306 e. The Labute approximate surface area is 387 Å². The molecule has 0 saturated carbocycles. The minimum absolute atomic E-state index is 0.0329. The third-order valence-electron chi connectivity index (χ3n) is 11.1. The minimum atomic E-state index is -1.13. The van der Waals surface area contributed by atoms with Gasteiger partial charge in [0, 0.05) is 19.3 Å². The molecule has 63 heavy (non-hydrogen) atoms. The molecule has 0 N–H and O–H groups in total. The van der Waals surface area contributed by atoms with Gasteiger partial charge >= 0.3 is 11.9 Å². The molecule has 0 aromatic rings. The number of hydrogen-bond acceptors (Lipinski definition) is 7. The molecule has 0 aromatic carbocycles. The van der Waals surface area contributed by atoms with Crippen molar-refractivity contribution in [1.82, 2.24) is 0 Å². The highest BCUT2D eigenvalue weighted by Crippen LogP contribution is 2.15. The first kappa shape index (κ1) is 59.8. The van der Waals surface area contributed by atoms with E-state index in [0.717, 1.165) is 89.9 Å². The molecule has 2 unspecified atom stereocenters. The molecule has 0 heterocycles. The molecule has 0 radical (unpaired) electrons. The Balaban J connectivity index is 4.22. The van der Waals surface area contributed by atoms with Gasteiger partial charge < -0.3 is 28.6 Å². The molecule has 0 spiro atoms. The molecule has 0 aliphatic carbocycles. The number of hydrogen-bond donors (Lipinski definition) is 0. The van der Waals surface area contributed by atoms with Crippen LogP contribution in [0.15, 0.2) is 72.9 Å². The lowest BCUT2D eigenvalue weighted by atomic mass is 10.0. The van der Waals surface area contributed by atoms with Crippen molar-refractivity contribution in [3.63, 3.8) is 0 Å². The van der Waals surface area contributed by atoms with Crippen molar-refractivity contribution >= 4 is 17.9 Å². The topological polar surface area (TPSA) is 102 Å². The molecule has 0 aliphatic heterocycles. The van der Waals surface area contributed by atoms with Crippen molar-refractivity contribution in [2.24, 2.45) is 0 Å². The summed E-state index contributed by atoms with van der Waals surface area (Å²) in [7, 11) is 5.41. The van der Waals surface area contributed by atoms with Crippen molar-refractivity contribution in [2.45, 2.75) is 219 Å². The summed E-state index contributed by atoms with van der Waals surface area (Å²) in [6.07, 6.45) is 57.9. The van der Waals surface area contributed by atoms with Gasteiger partial charge in [-0.25, -0.2) is 0 Å². The molecular formula is C55H95NO7. The SMILES string of the molecule is CC/C=C/C/C=C/C/C=C/CCCCCCCCCCCCCCCC(=O)OCC(COCCC(C(=O)[O-])[N+](C)(C)C)OC(=O)CCCCCCCC/C=C/C/C=C/C/C=C/CC. The Morgan fingerprint density at radius 2 is 0.841 bits per heavy atom. The molecule has 0 amide bonds. The second kappa shape index (κ2) is 45.3. The fraction of sp³-hybridized carbons (Fsp3) is 0.727. The number of nitrogens with zero attached hydrogens (tertiary/aromatic N) is 1. The van der Waals surface area contributed by atoms with Crippen molar-refractivity contribution in [3.05, 3.63) is 72.9 Å². The van der Waals surface area contributed by atoms with Crippen molar-refractivity contribution in [1.29, 1.82) is 0 Å². The predicted octanol–water partition coefficient (Wildman–Crippen LogP) is 13.4. The van der Waals surface area contributed by atoms with E-state index in [1.807, 2.05) is 0 Å². The summed E-state index contributed by atoms with van der Waals surface area (Å²) in [4.78, 5) is 37.0. The monoisotopic (exact) mass is 882 g/mol. The number of allylic oxidation sites excluding steroid dienone is 12.